The van der Waals surface area contributed by atoms with E-state index in [2.05, 4.69) is 21.3 Å². The summed E-state index contributed by atoms with van der Waals surface area (Å²) in [5.74, 6) is 0.479. The van der Waals surface area contributed by atoms with Gasteiger partial charge in [-0.1, -0.05) is 18.2 Å². The normalized spacial score (nSPS) is 18.3. The molecule has 2 aromatic rings. The second-order valence-corrected chi connectivity index (χ2v) is 5.82. The summed E-state index contributed by atoms with van der Waals surface area (Å²) < 4.78 is 13.8. The van der Waals surface area contributed by atoms with Gasteiger partial charge >= 0.3 is 0 Å². The Labute approximate surface area is 135 Å². The van der Waals surface area contributed by atoms with E-state index in [1.807, 2.05) is 12.1 Å². The molecule has 1 aromatic heterocycles. The molecule has 1 aliphatic heterocycles. The molecule has 0 bridgehead atoms. The zero-order chi connectivity index (χ0) is 16.1. The largest absolute Gasteiger partial charge is 0.365 e. The number of aromatic nitrogens is 1. The molecule has 1 N–H and O–H groups in total. The van der Waals surface area contributed by atoms with Crippen molar-refractivity contribution in [3.8, 4) is 6.07 Å². The van der Waals surface area contributed by atoms with E-state index in [9.17, 15) is 4.39 Å². The summed E-state index contributed by atoms with van der Waals surface area (Å²) in [6.07, 6.45) is 3.75. The summed E-state index contributed by atoms with van der Waals surface area (Å²) in [5.41, 5.74) is 1.28. The van der Waals surface area contributed by atoms with E-state index in [4.69, 9.17) is 5.26 Å². The fourth-order valence-corrected chi connectivity index (χ4v) is 2.99. The van der Waals surface area contributed by atoms with Gasteiger partial charge in [-0.05, 0) is 37.6 Å². The van der Waals surface area contributed by atoms with Crippen LogP contribution in [0.4, 0.5) is 10.2 Å². The SMILES string of the molecule is N#Cc1cccnc1N[C@@H]1CCCN(Cc2ccccc2F)C1. The number of halogens is 1. The lowest BCUT2D eigenvalue weighted by molar-refractivity contribution is 0.206. The van der Waals surface area contributed by atoms with Crippen molar-refractivity contribution in [2.75, 3.05) is 18.4 Å². The maximum atomic E-state index is 13.8. The summed E-state index contributed by atoms with van der Waals surface area (Å²) in [6, 6.07) is 12.8. The number of hydrogen-bond acceptors (Lipinski definition) is 4. The molecule has 1 aliphatic rings. The predicted octanol–water partition coefficient (Wildman–Crippen LogP) is 3.17. The first kappa shape index (κ1) is 15.4. The summed E-state index contributed by atoms with van der Waals surface area (Å²) in [4.78, 5) is 6.50. The van der Waals surface area contributed by atoms with Crippen molar-refractivity contribution < 1.29 is 4.39 Å². The molecule has 118 valence electrons. The number of piperidine rings is 1. The van der Waals surface area contributed by atoms with Crippen molar-refractivity contribution in [3.05, 3.63) is 59.5 Å². The minimum absolute atomic E-state index is 0.154. The summed E-state index contributed by atoms with van der Waals surface area (Å²) in [7, 11) is 0. The van der Waals surface area contributed by atoms with Crippen LogP contribution in [0, 0.1) is 17.1 Å². The zero-order valence-electron chi connectivity index (χ0n) is 12.9. The molecule has 5 heteroatoms. The number of benzene rings is 1. The number of pyridine rings is 1. The van der Waals surface area contributed by atoms with E-state index in [1.54, 1.807) is 24.4 Å². The van der Waals surface area contributed by atoms with Crippen molar-refractivity contribution in [3.63, 3.8) is 0 Å². The Bertz CT molecular complexity index is 710. The van der Waals surface area contributed by atoms with Gasteiger partial charge in [-0.3, -0.25) is 4.90 Å². The average Bonchev–Trinajstić information content (AvgIpc) is 2.58. The smallest absolute Gasteiger partial charge is 0.144 e. The van der Waals surface area contributed by atoms with Crippen LogP contribution in [0.1, 0.15) is 24.0 Å². The van der Waals surface area contributed by atoms with Gasteiger partial charge in [-0.25, -0.2) is 9.37 Å². The topological polar surface area (TPSA) is 52.0 Å². The fraction of sp³-hybridized carbons (Fsp3) is 0.333. The van der Waals surface area contributed by atoms with Gasteiger partial charge in [-0.15, -0.1) is 0 Å². The molecule has 1 aromatic carbocycles. The maximum Gasteiger partial charge on any atom is 0.144 e. The molecule has 4 nitrogen and oxygen atoms in total. The highest BCUT2D eigenvalue weighted by atomic mass is 19.1. The first-order chi connectivity index (χ1) is 11.3. The highest BCUT2D eigenvalue weighted by Gasteiger charge is 2.21. The minimum Gasteiger partial charge on any atom is -0.365 e. The van der Waals surface area contributed by atoms with Crippen molar-refractivity contribution in [2.24, 2.45) is 0 Å². The predicted molar refractivity (Wildman–Crippen MR) is 87.3 cm³/mol. The molecule has 1 fully saturated rings. The molecule has 1 saturated heterocycles. The lowest BCUT2D eigenvalue weighted by Gasteiger charge is -2.33. The van der Waals surface area contributed by atoms with Crippen molar-refractivity contribution in [1.29, 1.82) is 5.26 Å². The van der Waals surface area contributed by atoms with Gasteiger partial charge in [0, 0.05) is 30.9 Å². The van der Waals surface area contributed by atoms with Gasteiger partial charge < -0.3 is 5.32 Å². The number of hydrogen-bond donors (Lipinski definition) is 1. The van der Waals surface area contributed by atoms with Gasteiger partial charge in [0.25, 0.3) is 0 Å². The van der Waals surface area contributed by atoms with E-state index < -0.39 is 0 Å². The fourth-order valence-electron chi connectivity index (χ4n) is 2.99. The Morgan fingerprint density at radius 2 is 2.17 bits per heavy atom. The third-order valence-corrected chi connectivity index (χ3v) is 4.13. The van der Waals surface area contributed by atoms with Crippen LogP contribution in [-0.4, -0.2) is 29.0 Å². The first-order valence-corrected chi connectivity index (χ1v) is 7.83. The third kappa shape index (κ3) is 3.85. The summed E-state index contributed by atoms with van der Waals surface area (Å²) in [6.45, 7) is 2.38. The van der Waals surface area contributed by atoms with E-state index in [1.165, 1.54) is 6.07 Å². The van der Waals surface area contributed by atoms with Gasteiger partial charge in [0.1, 0.15) is 17.7 Å². The molecule has 0 spiro atoms. The molecular weight excluding hydrogens is 291 g/mol. The maximum absolute atomic E-state index is 13.8. The van der Waals surface area contributed by atoms with Gasteiger partial charge in [0.2, 0.25) is 0 Å². The van der Waals surface area contributed by atoms with Crippen LogP contribution in [0.25, 0.3) is 0 Å². The first-order valence-electron chi connectivity index (χ1n) is 7.83. The Kier molecular flexibility index (Phi) is 4.84. The highest BCUT2D eigenvalue weighted by Crippen LogP contribution is 2.19. The summed E-state index contributed by atoms with van der Waals surface area (Å²) >= 11 is 0. The molecule has 0 saturated carbocycles. The molecule has 23 heavy (non-hydrogen) atoms. The average molecular weight is 310 g/mol. The standard InChI is InChI=1S/C18H19FN4/c19-17-8-2-1-5-15(17)12-23-10-4-7-16(13-23)22-18-14(11-20)6-3-9-21-18/h1-3,5-6,8-9,16H,4,7,10,12-13H2,(H,21,22)/t16-/m1/s1. The lowest BCUT2D eigenvalue weighted by Crippen LogP contribution is -2.42. The highest BCUT2D eigenvalue weighted by molar-refractivity contribution is 5.51. The number of nitrogens with zero attached hydrogens (tertiary/aromatic N) is 3. The second-order valence-electron chi connectivity index (χ2n) is 5.82. The summed E-state index contributed by atoms with van der Waals surface area (Å²) in [5, 5.41) is 12.5. The van der Waals surface area contributed by atoms with Crippen molar-refractivity contribution in [1.82, 2.24) is 9.88 Å². The van der Waals surface area contributed by atoms with E-state index >= 15 is 0 Å². The Morgan fingerprint density at radius 3 is 3.00 bits per heavy atom. The Hall–Kier alpha value is -2.45. The van der Waals surface area contributed by atoms with Crippen LogP contribution in [0.2, 0.25) is 0 Å². The number of anilines is 1. The molecular formula is C18H19FN4. The molecule has 2 heterocycles. The van der Waals surface area contributed by atoms with Crippen LogP contribution in [0.3, 0.4) is 0 Å². The van der Waals surface area contributed by atoms with Crippen LogP contribution in [0.15, 0.2) is 42.6 Å². The van der Waals surface area contributed by atoms with Crippen molar-refractivity contribution in [2.45, 2.75) is 25.4 Å². The van der Waals surface area contributed by atoms with Crippen LogP contribution >= 0.6 is 0 Å². The quantitative estimate of drug-likeness (QED) is 0.942. The van der Waals surface area contributed by atoms with E-state index in [-0.39, 0.29) is 11.9 Å². The number of nitriles is 1. The third-order valence-electron chi connectivity index (χ3n) is 4.13. The van der Waals surface area contributed by atoms with Crippen LogP contribution in [-0.2, 0) is 6.54 Å². The van der Waals surface area contributed by atoms with Gasteiger partial charge in [0.15, 0.2) is 0 Å². The van der Waals surface area contributed by atoms with Crippen LogP contribution in [0.5, 0.6) is 0 Å². The van der Waals surface area contributed by atoms with Gasteiger partial charge in [0.05, 0.1) is 5.56 Å². The second kappa shape index (κ2) is 7.21. The Morgan fingerprint density at radius 1 is 1.30 bits per heavy atom. The Balaban J connectivity index is 1.65. The number of nitrogens with one attached hydrogen (secondary N) is 1. The number of rotatable bonds is 4. The number of likely N-dealkylation sites (tertiary alicyclic amines) is 1. The molecule has 3 rings (SSSR count). The van der Waals surface area contributed by atoms with E-state index in [0.29, 0.717) is 17.9 Å². The molecule has 0 unspecified atom stereocenters. The lowest BCUT2D eigenvalue weighted by atomic mass is 10.0. The molecule has 0 radical (unpaired) electrons. The van der Waals surface area contributed by atoms with E-state index in [0.717, 1.165) is 31.5 Å². The molecule has 1 atom stereocenters. The van der Waals surface area contributed by atoms with Crippen LogP contribution < -0.4 is 5.32 Å². The minimum atomic E-state index is -0.154. The zero-order valence-corrected chi connectivity index (χ0v) is 12.9. The monoisotopic (exact) mass is 310 g/mol. The molecule has 0 aliphatic carbocycles. The van der Waals surface area contributed by atoms with Crippen molar-refractivity contribution >= 4 is 5.82 Å². The molecule has 0 amide bonds. The van der Waals surface area contributed by atoms with Gasteiger partial charge in [-0.2, -0.15) is 5.26 Å².